The molecule has 29 heavy (non-hydrogen) atoms. The van der Waals surface area contributed by atoms with E-state index >= 15 is 0 Å². The number of piperidine rings is 1. The number of nitrogens with one attached hydrogen (secondary N) is 2. The van der Waals surface area contributed by atoms with E-state index in [0.29, 0.717) is 6.04 Å². The molecule has 1 aliphatic rings. The summed E-state index contributed by atoms with van der Waals surface area (Å²) in [4.78, 5) is 11.7. The molecule has 2 aromatic heterocycles. The number of imidazole rings is 1. The van der Waals surface area contributed by atoms with Crippen LogP contribution in [0.15, 0.2) is 29.5 Å². The standard InChI is InChI=1S/C21H34N6O.HI/c1-17-6-4-12-27-16-19(24-20(17)27)7-10-23-21(22-2)25-18-8-13-26(14-9-18)11-5-15-28-3;/h4,6,12,16,18H,5,7-11,13-15H2,1-3H3,(H2,22,23,25);1H. The highest BCUT2D eigenvalue weighted by Gasteiger charge is 2.19. The lowest BCUT2D eigenvalue weighted by molar-refractivity contribution is 0.155. The summed E-state index contributed by atoms with van der Waals surface area (Å²) in [6.07, 6.45) is 8.45. The van der Waals surface area contributed by atoms with Gasteiger partial charge in [-0.2, -0.15) is 0 Å². The Morgan fingerprint density at radius 3 is 2.83 bits per heavy atom. The third-order valence-electron chi connectivity index (χ3n) is 5.38. The molecule has 1 saturated heterocycles. The summed E-state index contributed by atoms with van der Waals surface area (Å²) in [6, 6.07) is 4.64. The molecule has 0 bridgehead atoms. The highest BCUT2D eigenvalue weighted by molar-refractivity contribution is 14.0. The quantitative estimate of drug-likeness (QED) is 0.245. The minimum Gasteiger partial charge on any atom is -0.385 e. The number of halogens is 1. The number of likely N-dealkylation sites (tertiary alicyclic amines) is 1. The molecule has 0 radical (unpaired) electrons. The van der Waals surface area contributed by atoms with Crippen LogP contribution in [0.3, 0.4) is 0 Å². The summed E-state index contributed by atoms with van der Waals surface area (Å²) in [7, 11) is 3.61. The van der Waals surface area contributed by atoms with Crippen LogP contribution in [0, 0.1) is 6.92 Å². The summed E-state index contributed by atoms with van der Waals surface area (Å²) in [5.74, 6) is 0.887. The minimum absolute atomic E-state index is 0. The molecular weight excluding hydrogens is 479 g/mol. The molecular formula is C21H35IN6O. The minimum atomic E-state index is 0. The summed E-state index contributed by atoms with van der Waals surface area (Å²) in [6.45, 7) is 7.17. The fourth-order valence-electron chi connectivity index (χ4n) is 3.76. The smallest absolute Gasteiger partial charge is 0.191 e. The number of aliphatic imine (C=N–C) groups is 1. The predicted octanol–water partition coefficient (Wildman–Crippen LogP) is 2.47. The van der Waals surface area contributed by atoms with E-state index in [2.05, 4.69) is 50.2 Å². The molecule has 3 rings (SSSR count). The van der Waals surface area contributed by atoms with Crippen molar-refractivity contribution in [3.05, 3.63) is 35.8 Å². The fourth-order valence-corrected chi connectivity index (χ4v) is 3.76. The van der Waals surface area contributed by atoms with Crippen molar-refractivity contribution in [2.75, 3.05) is 46.9 Å². The van der Waals surface area contributed by atoms with Gasteiger partial charge in [0.1, 0.15) is 5.65 Å². The Kier molecular flexibility index (Phi) is 10.2. The first kappa shape index (κ1) is 23.9. The van der Waals surface area contributed by atoms with Crippen molar-refractivity contribution in [1.29, 1.82) is 0 Å². The van der Waals surface area contributed by atoms with Gasteiger partial charge in [-0.05, 0) is 37.8 Å². The molecule has 1 aliphatic heterocycles. The lowest BCUT2D eigenvalue weighted by Crippen LogP contribution is -2.49. The highest BCUT2D eigenvalue weighted by Crippen LogP contribution is 2.11. The van der Waals surface area contributed by atoms with E-state index in [4.69, 9.17) is 9.72 Å². The number of rotatable bonds is 8. The van der Waals surface area contributed by atoms with E-state index in [1.165, 1.54) is 5.56 Å². The topological polar surface area (TPSA) is 66.2 Å². The number of guanidine groups is 1. The lowest BCUT2D eigenvalue weighted by Gasteiger charge is -2.33. The van der Waals surface area contributed by atoms with Crippen molar-refractivity contribution in [2.45, 2.75) is 38.6 Å². The van der Waals surface area contributed by atoms with Gasteiger partial charge in [0.25, 0.3) is 0 Å². The van der Waals surface area contributed by atoms with Crippen molar-refractivity contribution in [3.8, 4) is 0 Å². The Hall–Kier alpha value is -1.39. The van der Waals surface area contributed by atoms with Gasteiger partial charge in [0, 0.05) is 71.8 Å². The molecule has 0 saturated carbocycles. The van der Waals surface area contributed by atoms with E-state index in [0.717, 1.165) is 75.8 Å². The summed E-state index contributed by atoms with van der Waals surface area (Å²) in [5.41, 5.74) is 3.34. The Bertz CT molecular complexity index is 770. The molecule has 2 aromatic rings. The fraction of sp³-hybridized carbons (Fsp3) is 0.619. The first-order valence-corrected chi connectivity index (χ1v) is 10.3. The molecule has 162 valence electrons. The average molecular weight is 514 g/mol. The zero-order valence-corrected chi connectivity index (χ0v) is 20.2. The first-order valence-electron chi connectivity index (χ1n) is 10.3. The Balaban J connectivity index is 0.00000300. The van der Waals surface area contributed by atoms with Crippen LogP contribution in [0.4, 0.5) is 0 Å². The molecule has 0 aromatic carbocycles. The average Bonchev–Trinajstić information content (AvgIpc) is 3.13. The van der Waals surface area contributed by atoms with Crippen LogP contribution in [0.25, 0.3) is 5.65 Å². The van der Waals surface area contributed by atoms with E-state index in [1.54, 1.807) is 7.11 Å². The van der Waals surface area contributed by atoms with Crippen molar-refractivity contribution in [2.24, 2.45) is 4.99 Å². The van der Waals surface area contributed by atoms with Crippen molar-refractivity contribution >= 4 is 35.6 Å². The molecule has 7 nitrogen and oxygen atoms in total. The summed E-state index contributed by atoms with van der Waals surface area (Å²) >= 11 is 0. The number of aromatic nitrogens is 2. The summed E-state index contributed by atoms with van der Waals surface area (Å²) in [5, 5.41) is 7.01. The summed E-state index contributed by atoms with van der Waals surface area (Å²) < 4.78 is 7.24. The third-order valence-corrected chi connectivity index (χ3v) is 5.38. The van der Waals surface area contributed by atoms with Crippen LogP contribution >= 0.6 is 24.0 Å². The van der Waals surface area contributed by atoms with Gasteiger partial charge in [-0.25, -0.2) is 4.98 Å². The van der Waals surface area contributed by atoms with Crippen LogP contribution in [-0.2, 0) is 11.2 Å². The van der Waals surface area contributed by atoms with E-state index in [9.17, 15) is 0 Å². The Morgan fingerprint density at radius 2 is 2.14 bits per heavy atom. The molecule has 1 fully saturated rings. The third kappa shape index (κ3) is 7.11. The van der Waals surface area contributed by atoms with Gasteiger partial charge in [-0.3, -0.25) is 4.99 Å². The molecule has 2 N–H and O–H groups in total. The van der Waals surface area contributed by atoms with Crippen LogP contribution in [0.2, 0.25) is 0 Å². The zero-order valence-electron chi connectivity index (χ0n) is 17.9. The van der Waals surface area contributed by atoms with Gasteiger partial charge >= 0.3 is 0 Å². The second-order valence-corrected chi connectivity index (χ2v) is 7.51. The van der Waals surface area contributed by atoms with Gasteiger partial charge in [-0.15, -0.1) is 24.0 Å². The first-order chi connectivity index (χ1) is 13.7. The molecule has 0 aliphatic carbocycles. The molecule has 3 heterocycles. The van der Waals surface area contributed by atoms with Gasteiger partial charge in [0.15, 0.2) is 5.96 Å². The van der Waals surface area contributed by atoms with Gasteiger partial charge < -0.3 is 24.7 Å². The van der Waals surface area contributed by atoms with Crippen molar-refractivity contribution < 1.29 is 4.74 Å². The maximum absolute atomic E-state index is 5.14. The number of hydrogen-bond donors (Lipinski definition) is 2. The number of methoxy groups -OCH3 is 1. The lowest BCUT2D eigenvalue weighted by atomic mass is 10.1. The van der Waals surface area contributed by atoms with Crippen LogP contribution in [-0.4, -0.2) is 73.2 Å². The molecule has 0 unspecified atom stereocenters. The van der Waals surface area contributed by atoms with Gasteiger partial charge in [-0.1, -0.05) is 6.07 Å². The number of fused-ring (bicyclic) bond motifs is 1. The van der Waals surface area contributed by atoms with Crippen LogP contribution in [0.5, 0.6) is 0 Å². The number of pyridine rings is 1. The zero-order chi connectivity index (χ0) is 19.8. The Labute approximate surface area is 191 Å². The molecule has 0 atom stereocenters. The second-order valence-electron chi connectivity index (χ2n) is 7.51. The normalized spacial score (nSPS) is 16.0. The van der Waals surface area contributed by atoms with Crippen LogP contribution < -0.4 is 10.6 Å². The molecule has 8 heteroatoms. The SMILES string of the molecule is CN=C(NCCc1cn2cccc(C)c2n1)NC1CCN(CCCOC)CC1.I. The van der Waals surface area contributed by atoms with E-state index in [-0.39, 0.29) is 24.0 Å². The van der Waals surface area contributed by atoms with Gasteiger partial charge in [0.05, 0.1) is 5.69 Å². The maximum Gasteiger partial charge on any atom is 0.191 e. The molecule has 0 amide bonds. The van der Waals surface area contributed by atoms with Gasteiger partial charge in [0.2, 0.25) is 0 Å². The largest absolute Gasteiger partial charge is 0.385 e. The monoisotopic (exact) mass is 514 g/mol. The predicted molar refractivity (Wildman–Crippen MR) is 130 cm³/mol. The number of hydrogen-bond acceptors (Lipinski definition) is 4. The van der Waals surface area contributed by atoms with Crippen molar-refractivity contribution in [1.82, 2.24) is 24.9 Å². The molecule has 0 spiro atoms. The van der Waals surface area contributed by atoms with E-state index in [1.807, 2.05) is 13.2 Å². The number of ether oxygens (including phenoxy) is 1. The Morgan fingerprint density at radius 1 is 1.34 bits per heavy atom. The van der Waals surface area contributed by atoms with Crippen LogP contribution in [0.1, 0.15) is 30.5 Å². The number of aryl methyl sites for hydroxylation is 1. The van der Waals surface area contributed by atoms with E-state index < -0.39 is 0 Å². The highest BCUT2D eigenvalue weighted by atomic mass is 127. The second kappa shape index (κ2) is 12.3. The number of nitrogens with zero attached hydrogens (tertiary/aromatic N) is 4. The maximum atomic E-state index is 5.14. The van der Waals surface area contributed by atoms with Crippen molar-refractivity contribution in [3.63, 3.8) is 0 Å².